The minimum atomic E-state index is -0.253. The molecule has 0 radical (unpaired) electrons. The van der Waals surface area contributed by atoms with Gasteiger partial charge in [0.1, 0.15) is 6.10 Å². The summed E-state index contributed by atoms with van der Waals surface area (Å²) < 4.78 is 5.36. The standard InChI is InChI=1S/C15H20O3/c1-8-11-7-15(3)9(2)12(16)5-4-10(15)6-13(11)18-14(8)17/h6,9,11-13,16H,1,4-5,7H2,2-3H3. The van der Waals surface area contributed by atoms with E-state index in [0.29, 0.717) is 5.57 Å². The van der Waals surface area contributed by atoms with E-state index < -0.39 is 0 Å². The van der Waals surface area contributed by atoms with Gasteiger partial charge in [-0.2, -0.15) is 0 Å². The molecule has 5 unspecified atom stereocenters. The van der Waals surface area contributed by atoms with E-state index in [2.05, 4.69) is 26.5 Å². The van der Waals surface area contributed by atoms with Crippen LogP contribution in [0.3, 0.4) is 0 Å². The van der Waals surface area contributed by atoms with Crippen LogP contribution in [0.4, 0.5) is 0 Å². The van der Waals surface area contributed by atoms with E-state index in [1.54, 1.807) is 0 Å². The predicted molar refractivity (Wildman–Crippen MR) is 67.7 cm³/mol. The van der Waals surface area contributed by atoms with Gasteiger partial charge in [0.2, 0.25) is 0 Å². The van der Waals surface area contributed by atoms with Gasteiger partial charge in [0, 0.05) is 11.5 Å². The molecule has 3 rings (SSSR count). The molecule has 1 saturated carbocycles. The highest BCUT2D eigenvalue weighted by molar-refractivity contribution is 5.91. The maximum absolute atomic E-state index is 11.6. The number of hydrogen-bond acceptors (Lipinski definition) is 3. The zero-order valence-electron chi connectivity index (χ0n) is 11.0. The Kier molecular flexibility index (Phi) is 2.46. The molecule has 98 valence electrons. The highest BCUT2D eigenvalue weighted by atomic mass is 16.5. The van der Waals surface area contributed by atoms with Gasteiger partial charge in [-0.1, -0.05) is 26.0 Å². The number of rotatable bonds is 0. The number of aliphatic hydroxyl groups is 1. The molecule has 3 heteroatoms. The number of ether oxygens (including phenoxy) is 1. The van der Waals surface area contributed by atoms with Crippen molar-refractivity contribution in [1.29, 1.82) is 0 Å². The second kappa shape index (κ2) is 3.70. The molecule has 0 aromatic carbocycles. The molecular formula is C15H20O3. The largest absolute Gasteiger partial charge is 0.454 e. The van der Waals surface area contributed by atoms with Crippen LogP contribution in [0.1, 0.15) is 33.1 Å². The van der Waals surface area contributed by atoms with Gasteiger partial charge in [0.25, 0.3) is 0 Å². The van der Waals surface area contributed by atoms with Crippen LogP contribution < -0.4 is 0 Å². The predicted octanol–water partition coefficient (Wildman–Crippen LogP) is 2.21. The van der Waals surface area contributed by atoms with E-state index >= 15 is 0 Å². The highest BCUT2D eigenvalue weighted by Crippen LogP contribution is 2.54. The summed E-state index contributed by atoms with van der Waals surface area (Å²) in [5, 5.41) is 10.1. The molecule has 1 heterocycles. The van der Waals surface area contributed by atoms with Crippen molar-refractivity contribution in [1.82, 2.24) is 0 Å². The van der Waals surface area contributed by atoms with Gasteiger partial charge in [-0.3, -0.25) is 0 Å². The van der Waals surface area contributed by atoms with E-state index in [4.69, 9.17) is 4.74 Å². The first kappa shape index (κ1) is 12.0. The molecule has 18 heavy (non-hydrogen) atoms. The lowest BCUT2D eigenvalue weighted by atomic mass is 9.57. The van der Waals surface area contributed by atoms with Gasteiger partial charge in [-0.25, -0.2) is 4.79 Å². The zero-order valence-corrected chi connectivity index (χ0v) is 11.0. The second-order valence-corrected chi connectivity index (χ2v) is 6.21. The topological polar surface area (TPSA) is 46.5 Å². The summed E-state index contributed by atoms with van der Waals surface area (Å²) in [4.78, 5) is 11.6. The lowest BCUT2D eigenvalue weighted by Gasteiger charge is -2.49. The van der Waals surface area contributed by atoms with Gasteiger partial charge >= 0.3 is 5.97 Å². The first-order chi connectivity index (χ1) is 8.43. The van der Waals surface area contributed by atoms with Crippen molar-refractivity contribution in [2.75, 3.05) is 0 Å². The highest BCUT2D eigenvalue weighted by Gasteiger charge is 2.51. The Bertz CT molecular complexity index is 451. The Morgan fingerprint density at radius 2 is 2.28 bits per heavy atom. The van der Waals surface area contributed by atoms with Crippen LogP contribution in [0.5, 0.6) is 0 Å². The van der Waals surface area contributed by atoms with Gasteiger partial charge in [-0.15, -0.1) is 0 Å². The molecule has 2 aliphatic carbocycles. The molecule has 5 atom stereocenters. The summed E-state index contributed by atoms with van der Waals surface area (Å²) in [5.41, 5.74) is 1.93. The number of allylic oxidation sites excluding steroid dienone is 1. The van der Waals surface area contributed by atoms with Crippen LogP contribution in [0, 0.1) is 17.3 Å². The third-order valence-corrected chi connectivity index (χ3v) is 5.38. The van der Waals surface area contributed by atoms with Crippen LogP contribution in [0.15, 0.2) is 23.8 Å². The molecule has 1 N–H and O–H groups in total. The molecule has 0 aromatic heterocycles. The van der Waals surface area contributed by atoms with Crippen LogP contribution in [0.25, 0.3) is 0 Å². The third kappa shape index (κ3) is 1.43. The van der Waals surface area contributed by atoms with Gasteiger partial charge in [0.05, 0.1) is 6.10 Å². The average molecular weight is 248 g/mol. The Labute approximate surface area is 108 Å². The van der Waals surface area contributed by atoms with Gasteiger partial charge in [0.15, 0.2) is 0 Å². The molecule has 1 saturated heterocycles. The zero-order chi connectivity index (χ0) is 13.1. The summed E-state index contributed by atoms with van der Waals surface area (Å²) in [6, 6.07) is 0. The normalized spacial score (nSPS) is 47.2. The average Bonchev–Trinajstić information content (AvgIpc) is 2.60. The van der Waals surface area contributed by atoms with Crippen LogP contribution in [0.2, 0.25) is 0 Å². The van der Waals surface area contributed by atoms with E-state index in [1.165, 1.54) is 5.57 Å². The van der Waals surface area contributed by atoms with E-state index in [9.17, 15) is 9.90 Å². The van der Waals surface area contributed by atoms with Crippen molar-refractivity contribution in [2.24, 2.45) is 17.3 Å². The SMILES string of the molecule is C=C1C(=O)OC2C=C3CCC(O)C(C)C3(C)CC12. The van der Waals surface area contributed by atoms with Crippen molar-refractivity contribution < 1.29 is 14.6 Å². The Morgan fingerprint density at radius 1 is 1.56 bits per heavy atom. The van der Waals surface area contributed by atoms with Crippen molar-refractivity contribution in [2.45, 2.75) is 45.3 Å². The number of hydrogen-bond donors (Lipinski definition) is 1. The smallest absolute Gasteiger partial charge is 0.334 e. The molecule has 0 spiro atoms. The maximum atomic E-state index is 11.6. The van der Waals surface area contributed by atoms with E-state index in [1.807, 2.05) is 0 Å². The van der Waals surface area contributed by atoms with Crippen molar-refractivity contribution >= 4 is 5.97 Å². The summed E-state index contributed by atoms with van der Waals surface area (Å²) >= 11 is 0. The molecular weight excluding hydrogens is 228 g/mol. The lowest BCUT2D eigenvalue weighted by molar-refractivity contribution is -0.137. The first-order valence-corrected chi connectivity index (χ1v) is 6.72. The van der Waals surface area contributed by atoms with Crippen LogP contribution in [-0.4, -0.2) is 23.3 Å². The molecule has 0 aromatic rings. The second-order valence-electron chi connectivity index (χ2n) is 6.21. The first-order valence-electron chi connectivity index (χ1n) is 6.72. The molecule has 3 aliphatic rings. The molecule has 0 amide bonds. The van der Waals surface area contributed by atoms with Crippen LogP contribution >= 0.6 is 0 Å². The molecule has 1 aliphatic heterocycles. The van der Waals surface area contributed by atoms with E-state index in [-0.39, 0.29) is 35.4 Å². The third-order valence-electron chi connectivity index (χ3n) is 5.38. The van der Waals surface area contributed by atoms with Crippen LogP contribution in [-0.2, 0) is 9.53 Å². The van der Waals surface area contributed by atoms with E-state index in [0.717, 1.165) is 19.3 Å². The van der Waals surface area contributed by atoms with Crippen molar-refractivity contribution in [3.05, 3.63) is 23.8 Å². The Hall–Kier alpha value is -1.09. The number of fused-ring (bicyclic) bond motifs is 2. The number of carbonyl (C=O) groups excluding carboxylic acids is 1. The fraction of sp³-hybridized carbons (Fsp3) is 0.667. The molecule has 2 fully saturated rings. The number of esters is 1. The summed E-state index contributed by atoms with van der Waals surface area (Å²) in [6.45, 7) is 8.18. The quantitative estimate of drug-likeness (QED) is 0.406. The van der Waals surface area contributed by atoms with Gasteiger partial charge in [-0.05, 0) is 36.7 Å². The maximum Gasteiger partial charge on any atom is 0.334 e. The van der Waals surface area contributed by atoms with Crippen molar-refractivity contribution in [3.8, 4) is 0 Å². The lowest BCUT2D eigenvalue weighted by Crippen LogP contribution is -2.45. The Morgan fingerprint density at radius 3 is 3.00 bits per heavy atom. The summed E-state index contributed by atoms with van der Waals surface area (Å²) in [6.07, 6.45) is 4.36. The van der Waals surface area contributed by atoms with Gasteiger partial charge < -0.3 is 9.84 Å². The minimum Gasteiger partial charge on any atom is -0.454 e. The minimum absolute atomic E-state index is 0.0181. The Balaban J connectivity index is 1.99. The monoisotopic (exact) mass is 248 g/mol. The fourth-order valence-electron chi connectivity index (χ4n) is 3.82. The fourth-order valence-corrected chi connectivity index (χ4v) is 3.82. The molecule has 0 bridgehead atoms. The number of aliphatic hydroxyl groups excluding tert-OH is 1. The summed E-state index contributed by atoms with van der Waals surface area (Å²) in [7, 11) is 0. The van der Waals surface area contributed by atoms with Crippen molar-refractivity contribution in [3.63, 3.8) is 0 Å². The summed E-state index contributed by atoms with van der Waals surface area (Å²) in [5.74, 6) is 0.0678. The number of carbonyl (C=O) groups is 1. The molecule has 3 nitrogen and oxygen atoms in total.